The summed E-state index contributed by atoms with van der Waals surface area (Å²) in [6.45, 7) is 6.63. The molecular formula is C16H24N2O. The highest BCUT2D eigenvalue weighted by atomic mass is 16.1. The van der Waals surface area contributed by atoms with E-state index in [0.29, 0.717) is 12.5 Å². The lowest BCUT2D eigenvalue weighted by Gasteiger charge is -2.33. The van der Waals surface area contributed by atoms with Crippen LogP contribution in [0, 0.1) is 5.92 Å². The van der Waals surface area contributed by atoms with Crippen molar-refractivity contribution in [1.82, 2.24) is 5.32 Å². The molecule has 0 aromatic heterocycles. The molecule has 1 aliphatic rings. The maximum atomic E-state index is 12.5. The second kappa shape index (κ2) is 5.33. The second-order valence-corrected chi connectivity index (χ2v) is 6.03. The van der Waals surface area contributed by atoms with Crippen molar-refractivity contribution in [1.29, 1.82) is 0 Å². The number of nitrogens with two attached hydrogens (primary N) is 1. The lowest BCUT2D eigenvalue weighted by Crippen LogP contribution is -2.55. The van der Waals surface area contributed by atoms with Gasteiger partial charge in [-0.15, -0.1) is 0 Å². The molecule has 2 rings (SSSR count). The topological polar surface area (TPSA) is 55.1 Å². The van der Waals surface area contributed by atoms with Crippen molar-refractivity contribution in [2.24, 2.45) is 11.7 Å². The van der Waals surface area contributed by atoms with E-state index in [-0.39, 0.29) is 11.4 Å². The first-order valence-electron chi connectivity index (χ1n) is 7.11. The third-order valence-electron chi connectivity index (χ3n) is 4.49. The Balaban J connectivity index is 2.24. The monoisotopic (exact) mass is 260 g/mol. The minimum absolute atomic E-state index is 0.0143. The fourth-order valence-corrected chi connectivity index (χ4v) is 2.59. The number of rotatable bonds is 4. The van der Waals surface area contributed by atoms with Gasteiger partial charge in [0.15, 0.2) is 0 Å². The molecular weight excluding hydrogens is 236 g/mol. The van der Waals surface area contributed by atoms with Gasteiger partial charge < -0.3 is 11.1 Å². The average Bonchev–Trinajstić information content (AvgIpc) is 2.86. The van der Waals surface area contributed by atoms with Crippen molar-refractivity contribution in [3.05, 3.63) is 34.9 Å². The molecule has 3 nitrogen and oxygen atoms in total. The molecule has 104 valence electrons. The van der Waals surface area contributed by atoms with Crippen LogP contribution in [0.4, 0.5) is 0 Å². The van der Waals surface area contributed by atoms with Crippen LogP contribution in [-0.4, -0.2) is 18.0 Å². The molecule has 1 aromatic rings. The van der Waals surface area contributed by atoms with Crippen LogP contribution >= 0.6 is 0 Å². The van der Waals surface area contributed by atoms with E-state index in [1.165, 1.54) is 11.1 Å². The molecule has 1 aliphatic carbocycles. The van der Waals surface area contributed by atoms with E-state index in [0.717, 1.165) is 24.8 Å². The second-order valence-electron chi connectivity index (χ2n) is 6.03. The maximum absolute atomic E-state index is 12.5. The molecule has 0 fully saturated rings. The van der Waals surface area contributed by atoms with Crippen LogP contribution in [0.1, 0.15) is 48.7 Å². The summed E-state index contributed by atoms with van der Waals surface area (Å²) in [5, 5.41) is 3.12. The van der Waals surface area contributed by atoms with Gasteiger partial charge in [-0.3, -0.25) is 4.79 Å². The summed E-state index contributed by atoms with van der Waals surface area (Å²) >= 11 is 0. The summed E-state index contributed by atoms with van der Waals surface area (Å²) in [4.78, 5) is 12.5. The largest absolute Gasteiger partial charge is 0.345 e. The number of amides is 1. The molecule has 1 aromatic carbocycles. The van der Waals surface area contributed by atoms with Crippen LogP contribution in [0.3, 0.4) is 0 Å². The predicted octanol–water partition coefficient (Wildman–Crippen LogP) is 2.28. The minimum Gasteiger partial charge on any atom is -0.345 e. The van der Waals surface area contributed by atoms with Gasteiger partial charge in [0.25, 0.3) is 5.91 Å². The molecule has 3 heteroatoms. The third kappa shape index (κ3) is 2.66. The van der Waals surface area contributed by atoms with Crippen LogP contribution in [0.2, 0.25) is 0 Å². The lowest BCUT2D eigenvalue weighted by molar-refractivity contribution is 0.0882. The van der Waals surface area contributed by atoms with Crippen molar-refractivity contribution in [3.63, 3.8) is 0 Å². The number of carbonyl (C=O) groups is 1. The molecule has 0 radical (unpaired) electrons. The molecule has 0 heterocycles. The van der Waals surface area contributed by atoms with Crippen LogP contribution in [0.25, 0.3) is 0 Å². The van der Waals surface area contributed by atoms with Gasteiger partial charge in [0.2, 0.25) is 0 Å². The number of carbonyl (C=O) groups excluding carboxylic acids is 1. The Morgan fingerprint density at radius 1 is 1.42 bits per heavy atom. The smallest absolute Gasteiger partial charge is 0.252 e. The Labute approximate surface area is 115 Å². The summed E-state index contributed by atoms with van der Waals surface area (Å²) in [7, 11) is 0. The van der Waals surface area contributed by atoms with Crippen LogP contribution in [0.5, 0.6) is 0 Å². The van der Waals surface area contributed by atoms with Crippen LogP contribution < -0.4 is 11.1 Å². The Kier molecular flexibility index (Phi) is 3.95. The summed E-state index contributed by atoms with van der Waals surface area (Å²) < 4.78 is 0. The van der Waals surface area contributed by atoms with Gasteiger partial charge in [0.1, 0.15) is 0 Å². The summed E-state index contributed by atoms with van der Waals surface area (Å²) in [5.74, 6) is 0.318. The number of nitrogens with one attached hydrogen (secondary N) is 1. The van der Waals surface area contributed by atoms with Crippen LogP contribution in [0.15, 0.2) is 18.2 Å². The van der Waals surface area contributed by atoms with Gasteiger partial charge in [-0.25, -0.2) is 0 Å². The Bertz CT molecular complexity index is 482. The number of hydrogen-bond donors (Lipinski definition) is 2. The van der Waals surface area contributed by atoms with E-state index in [1.807, 2.05) is 19.1 Å². The highest BCUT2D eigenvalue weighted by molar-refractivity contribution is 5.96. The van der Waals surface area contributed by atoms with E-state index in [2.05, 4.69) is 25.2 Å². The van der Waals surface area contributed by atoms with Crippen LogP contribution in [-0.2, 0) is 12.8 Å². The van der Waals surface area contributed by atoms with Gasteiger partial charge >= 0.3 is 0 Å². The van der Waals surface area contributed by atoms with Gasteiger partial charge in [-0.05, 0) is 49.3 Å². The van der Waals surface area contributed by atoms with E-state index in [4.69, 9.17) is 5.73 Å². The summed E-state index contributed by atoms with van der Waals surface area (Å²) in [6, 6.07) is 6.04. The molecule has 0 saturated heterocycles. The Morgan fingerprint density at radius 3 is 2.79 bits per heavy atom. The quantitative estimate of drug-likeness (QED) is 0.872. The zero-order valence-corrected chi connectivity index (χ0v) is 12.1. The third-order valence-corrected chi connectivity index (χ3v) is 4.49. The first-order chi connectivity index (χ1) is 8.98. The van der Waals surface area contributed by atoms with Crippen molar-refractivity contribution in [2.75, 3.05) is 6.54 Å². The van der Waals surface area contributed by atoms with Crippen molar-refractivity contribution >= 4 is 5.91 Å². The first kappa shape index (κ1) is 14.1. The number of aryl methyl sites for hydroxylation is 1. The Morgan fingerprint density at radius 2 is 2.16 bits per heavy atom. The standard InChI is InChI=1S/C16H24N2O/c1-11(2)16(3,10-17)18-15(19)14-9-5-7-12-6-4-8-13(12)14/h5,7,9,11H,4,6,8,10,17H2,1-3H3,(H,18,19). The Hall–Kier alpha value is -1.35. The molecule has 0 aliphatic heterocycles. The summed E-state index contributed by atoms with van der Waals surface area (Å²) in [6.07, 6.45) is 3.26. The maximum Gasteiger partial charge on any atom is 0.252 e. The molecule has 19 heavy (non-hydrogen) atoms. The first-order valence-corrected chi connectivity index (χ1v) is 7.11. The van der Waals surface area contributed by atoms with Gasteiger partial charge in [-0.1, -0.05) is 26.0 Å². The zero-order chi connectivity index (χ0) is 14.0. The van der Waals surface area contributed by atoms with Gasteiger partial charge in [-0.2, -0.15) is 0 Å². The van der Waals surface area contributed by atoms with Crippen molar-refractivity contribution in [3.8, 4) is 0 Å². The van der Waals surface area contributed by atoms with E-state index in [1.54, 1.807) is 0 Å². The molecule has 0 saturated carbocycles. The van der Waals surface area contributed by atoms with Gasteiger partial charge in [0, 0.05) is 12.1 Å². The highest BCUT2D eigenvalue weighted by Crippen LogP contribution is 2.26. The summed E-state index contributed by atoms with van der Waals surface area (Å²) in [5.41, 5.74) is 8.86. The predicted molar refractivity (Wildman–Crippen MR) is 78.2 cm³/mol. The van der Waals surface area contributed by atoms with Crippen molar-refractivity contribution < 1.29 is 4.79 Å². The number of hydrogen-bond acceptors (Lipinski definition) is 2. The zero-order valence-electron chi connectivity index (χ0n) is 12.1. The molecule has 3 N–H and O–H groups in total. The molecule has 1 unspecified atom stereocenters. The fraction of sp³-hybridized carbons (Fsp3) is 0.562. The van der Waals surface area contributed by atoms with E-state index < -0.39 is 0 Å². The molecule has 0 bridgehead atoms. The lowest BCUT2D eigenvalue weighted by atomic mass is 9.88. The normalized spacial score (nSPS) is 17.1. The van der Waals surface area contributed by atoms with Crippen molar-refractivity contribution in [2.45, 2.75) is 45.6 Å². The van der Waals surface area contributed by atoms with E-state index >= 15 is 0 Å². The SMILES string of the molecule is CC(C)C(C)(CN)NC(=O)c1cccc2c1CCC2. The average molecular weight is 260 g/mol. The van der Waals surface area contributed by atoms with Gasteiger partial charge in [0.05, 0.1) is 5.54 Å². The molecule has 1 amide bonds. The van der Waals surface area contributed by atoms with E-state index in [9.17, 15) is 4.79 Å². The number of benzene rings is 1. The number of fused-ring (bicyclic) bond motifs is 1. The molecule has 1 atom stereocenters. The highest BCUT2D eigenvalue weighted by Gasteiger charge is 2.30. The molecule has 0 spiro atoms. The fourth-order valence-electron chi connectivity index (χ4n) is 2.59. The minimum atomic E-state index is -0.349.